The van der Waals surface area contributed by atoms with E-state index < -0.39 is 0 Å². The van der Waals surface area contributed by atoms with Gasteiger partial charge in [0, 0.05) is 32.2 Å². The quantitative estimate of drug-likeness (QED) is 0.920. The van der Waals surface area contributed by atoms with Gasteiger partial charge in [0.2, 0.25) is 0 Å². The predicted octanol–water partition coefficient (Wildman–Crippen LogP) is 3.66. The topological polar surface area (TPSA) is 15.3 Å². The van der Waals surface area contributed by atoms with Gasteiger partial charge in [-0.3, -0.25) is 4.90 Å². The molecule has 19 heavy (non-hydrogen) atoms. The molecule has 1 atom stereocenters. The summed E-state index contributed by atoms with van der Waals surface area (Å²) in [5.41, 5.74) is 2.80. The molecule has 4 heteroatoms. The van der Waals surface area contributed by atoms with E-state index in [0.717, 1.165) is 26.2 Å². The number of nitrogens with zero attached hydrogens (tertiary/aromatic N) is 1. The van der Waals surface area contributed by atoms with Gasteiger partial charge in [-0.15, -0.1) is 11.3 Å². The molecule has 1 unspecified atom stereocenters. The third-order valence-corrected chi connectivity index (χ3v) is 5.04. The lowest BCUT2D eigenvalue weighted by atomic mass is 10.0. The number of thiophene rings is 1. The van der Waals surface area contributed by atoms with Crippen LogP contribution >= 0.6 is 27.3 Å². The molecule has 0 spiro atoms. The molecule has 3 rings (SSSR count). The summed E-state index contributed by atoms with van der Waals surface area (Å²) >= 11 is 5.30. The molecule has 2 heterocycles. The normalized spacial score (nSPS) is 20.6. The van der Waals surface area contributed by atoms with Crippen molar-refractivity contribution in [3.8, 4) is 0 Å². The zero-order valence-electron chi connectivity index (χ0n) is 10.7. The first kappa shape index (κ1) is 13.3. The Balaban J connectivity index is 1.65. The van der Waals surface area contributed by atoms with Crippen molar-refractivity contribution < 1.29 is 0 Å². The van der Waals surface area contributed by atoms with Crippen molar-refractivity contribution in [2.45, 2.75) is 12.6 Å². The number of nitrogens with one attached hydrogen (secondary N) is 1. The van der Waals surface area contributed by atoms with Crippen LogP contribution < -0.4 is 5.32 Å². The second-order valence-corrected chi connectivity index (χ2v) is 7.20. The first-order chi connectivity index (χ1) is 9.31. The SMILES string of the molecule is Brc1cc(CN2CCNC(c3ccccc3)C2)cs1. The average molecular weight is 337 g/mol. The number of rotatable bonds is 3. The molecular formula is C15H17BrN2S. The Morgan fingerprint density at radius 1 is 1.32 bits per heavy atom. The van der Waals surface area contributed by atoms with E-state index in [1.54, 1.807) is 11.3 Å². The minimum absolute atomic E-state index is 0.456. The van der Waals surface area contributed by atoms with Crippen LogP contribution in [0.25, 0.3) is 0 Å². The van der Waals surface area contributed by atoms with Crippen LogP contribution in [0.4, 0.5) is 0 Å². The van der Waals surface area contributed by atoms with Crippen molar-refractivity contribution >= 4 is 27.3 Å². The number of hydrogen-bond acceptors (Lipinski definition) is 3. The smallest absolute Gasteiger partial charge is 0.0701 e. The van der Waals surface area contributed by atoms with E-state index in [0.29, 0.717) is 6.04 Å². The highest BCUT2D eigenvalue weighted by molar-refractivity contribution is 9.11. The van der Waals surface area contributed by atoms with E-state index in [1.807, 2.05) is 0 Å². The van der Waals surface area contributed by atoms with Gasteiger partial charge in [-0.05, 0) is 38.5 Å². The van der Waals surface area contributed by atoms with E-state index in [4.69, 9.17) is 0 Å². The maximum atomic E-state index is 3.61. The summed E-state index contributed by atoms with van der Waals surface area (Å²) in [6.45, 7) is 4.31. The monoisotopic (exact) mass is 336 g/mol. The average Bonchev–Trinajstić information content (AvgIpc) is 2.85. The first-order valence-electron chi connectivity index (χ1n) is 6.55. The number of benzene rings is 1. The number of piperazine rings is 1. The molecular weight excluding hydrogens is 320 g/mol. The van der Waals surface area contributed by atoms with Crippen molar-refractivity contribution in [3.63, 3.8) is 0 Å². The lowest BCUT2D eigenvalue weighted by Gasteiger charge is -2.33. The summed E-state index contributed by atoms with van der Waals surface area (Å²) in [4.78, 5) is 2.53. The molecule has 1 N–H and O–H groups in total. The Morgan fingerprint density at radius 3 is 2.89 bits per heavy atom. The molecule has 100 valence electrons. The lowest BCUT2D eigenvalue weighted by molar-refractivity contribution is 0.193. The summed E-state index contributed by atoms with van der Waals surface area (Å²) in [7, 11) is 0. The van der Waals surface area contributed by atoms with E-state index in [-0.39, 0.29) is 0 Å². The van der Waals surface area contributed by atoms with E-state index in [9.17, 15) is 0 Å². The van der Waals surface area contributed by atoms with Gasteiger partial charge in [0.15, 0.2) is 0 Å². The summed E-state index contributed by atoms with van der Waals surface area (Å²) in [5, 5.41) is 5.85. The van der Waals surface area contributed by atoms with Crippen molar-refractivity contribution in [1.82, 2.24) is 10.2 Å². The maximum absolute atomic E-state index is 3.61. The van der Waals surface area contributed by atoms with Gasteiger partial charge in [0.1, 0.15) is 0 Å². The van der Waals surface area contributed by atoms with Gasteiger partial charge in [-0.2, -0.15) is 0 Å². The van der Waals surface area contributed by atoms with Crippen LogP contribution in [0.2, 0.25) is 0 Å². The van der Waals surface area contributed by atoms with Crippen LogP contribution in [0, 0.1) is 0 Å². The number of hydrogen-bond donors (Lipinski definition) is 1. The van der Waals surface area contributed by atoms with E-state index in [1.165, 1.54) is 14.9 Å². The molecule has 0 bridgehead atoms. The summed E-state index contributed by atoms with van der Waals surface area (Å²) in [6.07, 6.45) is 0. The van der Waals surface area contributed by atoms with Crippen molar-refractivity contribution in [2.24, 2.45) is 0 Å². The third kappa shape index (κ3) is 3.45. The molecule has 1 aliphatic rings. The zero-order valence-corrected chi connectivity index (χ0v) is 13.1. The maximum Gasteiger partial charge on any atom is 0.0701 e. The molecule has 1 fully saturated rings. The minimum Gasteiger partial charge on any atom is -0.308 e. The van der Waals surface area contributed by atoms with Crippen LogP contribution in [-0.2, 0) is 6.54 Å². The largest absolute Gasteiger partial charge is 0.308 e. The molecule has 1 aliphatic heterocycles. The van der Waals surface area contributed by atoms with Crippen molar-refractivity contribution in [1.29, 1.82) is 0 Å². The molecule has 0 saturated carbocycles. The van der Waals surface area contributed by atoms with Gasteiger partial charge < -0.3 is 5.32 Å². The molecule has 2 nitrogen and oxygen atoms in total. The first-order valence-corrected chi connectivity index (χ1v) is 8.22. The van der Waals surface area contributed by atoms with Crippen LogP contribution in [0.3, 0.4) is 0 Å². The van der Waals surface area contributed by atoms with E-state index in [2.05, 4.69) is 67.9 Å². The molecule has 1 saturated heterocycles. The standard InChI is InChI=1S/C15H17BrN2S/c16-15-8-12(11-19-15)9-18-7-6-17-14(10-18)13-4-2-1-3-5-13/h1-5,8,11,14,17H,6-7,9-10H2. The zero-order chi connectivity index (χ0) is 13.1. The van der Waals surface area contributed by atoms with E-state index >= 15 is 0 Å². The fraction of sp³-hybridized carbons (Fsp3) is 0.333. The molecule has 2 aromatic rings. The number of halogens is 1. The van der Waals surface area contributed by atoms with Crippen LogP contribution in [0.5, 0.6) is 0 Å². The molecule has 0 aliphatic carbocycles. The highest BCUT2D eigenvalue weighted by Gasteiger charge is 2.20. The van der Waals surface area contributed by atoms with Gasteiger partial charge in [0.25, 0.3) is 0 Å². The van der Waals surface area contributed by atoms with Gasteiger partial charge in [-0.1, -0.05) is 30.3 Å². The fourth-order valence-electron chi connectivity index (χ4n) is 2.55. The van der Waals surface area contributed by atoms with Gasteiger partial charge >= 0.3 is 0 Å². The Kier molecular flexibility index (Phi) is 4.33. The predicted molar refractivity (Wildman–Crippen MR) is 84.5 cm³/mol. The third-order valence-electron chi connectivity index (χ3n) is 3.49. The summed E-state index contributed by atoms with van der Waals surface area (Å²) in [5.74, 6) is 0. The Labute approximate surface area is 126 Å². The summed E-state index contributed by atoms with van der Waals surface area (Å²) < 4.78 is 1.22. The Bertz CT molecular complexity index is 526. The Morgan fingerprint density at radius 2 is 2.16 bits per heavy atom. The van der Waals surface area contributed by atoms with Crippen molar-refractivity contribution in [3.05, 3.63) is 56.7 Å². The second-order valence-electron chi connectivity index (χ2n) is 4.91. The summed E-state index contributed by atoms with van der Waals surface area (Å²) in [6, 6.07) is 13.4. The van der Waals surface area contributed by atoms with Crippen LogP contribution in [-0.4, -0.2) is 24.5 Å². The van der Waals surface area contributed by atoms with Crippen molar-refractivity contribution in [2.75, 3.05) is 19.6 Å². The van der Waals surface area contributed by atoms with Gasteiger partial charge in [-0.25, -0.2) is 0 Å². The highest BCUT2D eigenvalue weighted by Crippen LogP contribution is 2.23. The van der Waals surface area contributed by atoms with Crippen LogP contribution in [0.1, 0.15) is 17.2 Å². The molecule has 1 aromatic carbocycles. The Hall–Kier alpha value is -0.680. The van der Waals surface area contributed by atoms with Gasteiger partial charge in [0.05, 0.1) is 3.79 Å². The lowest BCUT2D eigenvalue weighted by Crippen LogP contribution is -2.45. The minimum atomic E-state index is 0.456. The molecule has 1 aromatic heterocycles. The fourth-order valence-corrected chi connectivity index (χ4v) is 3.75. The second kappa shape index (κ2) is 6.18. The molecule has 0 amide bonds. The van der Waals surface area contributed by atoms with Crippen LogP contribution in [0.15, 0.2) is 45.6 Å². The molecule has 0 radical (unpaired) electrons. The highest BCUT2D eigenvalue weighted by atomic mass is 79.9.